The maximum Gasteiger partial charge on any atom is 0.416 e. The predicted octanol–water partition coefficient (Wildman–Crippen LogP) is 2.78. The van der Waals surface area contributed by atoms with Crippen molar-refractivity contribution < 1.29 is 23.1 Å². The molecule has 0 aliphatic carbocycles. The van der Waals surface area contributed by atoms with E-state index in [0.29, 0.717) is 5.56 Å². The summed E-state index contributed by atoms with van der Waals surface area (Å²) in [6.45, 7) is 1.72. The number of allylic oxidation sites excluding steroid dienone is 1. The second-order valence-electron chi connectivity index (χ2n) is 3.56. The van der Waals surface area contributed by atoms with E-state index >= 15 is 0 Å². The van der Waals surface area contributed by atoms with Crippen LogP contribution in [0.4, 0.5) is 13.2 Å². The van der Waals surface area contributed by atoms with Crippen molar-refractivity contribution in [1.29, 1.82) is 0 Å². The molecule has 0 spiro atoms. The fourth-order valence-corrected chi connectivity index (χ4v) is 1.31. The molecule has 1 aromatic carbocycles. The lowest BCUT2D eigenvalue weighted by atomic mass is 10.1. The van der Waals surface area contributed by atoms with Gasteiger partial charge in [0.2, 0.25) is 0 Å². The first-order chi connectivity index (χ1) is 8.34. The van der Waals surface area contributed by atoms with E-state index in [1.807, 2.05) is 0 Å². The Hall–Kier alpha value is -1.98. The van der Waals surface area contributed by atoms with Crippen molar-refractivity contribution in [3.8, 4) is 0 Å². The molecule has 3 nitrogen and oxygen atoms in total. The summed E-state index contributed by atoms with van der Waals surface area (Å²) in [5.41, 5.74) is -0.144. The minimum atomic E-state index is -4.36. The molecule has 0 amide bonds. The number of carboxylic acids is 1. The highest BCUT2D eigenvalue weighted by Gasteiger charge is 2.29. The summed E-state index contributed by atoms with van der Waals surface area (Å²) in [5, 5.41) is 11.3. The van der Waals surface area contributed by atoms with Crippen LogP contribution < -0.4 is 5.32 Å². The van der Waals surface area contributed by atoms with Crippen molar-refractivity contribution in [2.24, 2.45) is 0 Å². The summed E-state index contributed by atoms with van der Waals surface area (Å²) in [6.07, 6.45) is -2.98. The van der Waals surface area contributed by atoms with Crippen LogP contribution in [0.2, 0.25) is 0 Å². The maximum atomic E-state index is 12.3. The summed E-state index contributed by atoms with van der Waals surface area (Å²) < 4.78 is 36.9. The van der Waals surface area contributed by atoms with Crippen LogP contribution in [0.5, 0.6) is 0 Å². The lowest BCUT2D eigenvalue weighted by molar-refractivity contribution is -0.137. The number of hydrogen-bond acceptors (Lipinski definition) is 2. The van der Waals surface area contributed by atoms with Crippen LogP contribution in [0.3, 0.4) is 0 Å². The molecule has 0 saturated heterocycles. The van der Waals surface area contributed by atoms with Gasteiger partial charge in [-0.1, -0.05) is 18.2 Å². The van der Waals surface area contributed by atoms with Gasteiger partial charge in [0, 0.05) is 6.54 Å². The van der Waals surface area contributed by atoms with Crippen LogP contribution in [0.25, 0.3) is 0 Å². The van der Waals surface area contributed by atoms with Gasteiger partial charge < -0.3 is 10.4 Å². The Balaban J connectivity index is 2.68. The molecule has 1 rings (SSSR count). The van der Waals surface area contributed by atoms with Gasteiger partial charge >= 0.3 is 12.1 Å². The quantitative estimate of drug-likeness (QED) is 0.817. The minimum Gasteiger partial charge on any atom is -0.477 e. The smallest absolute Gasteiger partial charge is 0.416 e. The molecule has 0 atom stereocenters. The van der Waals surface area contributed by atoms with Gasteiger partial charge in [0.25, 0.3) is 0 Å². The molecule has 0 aliphatic rings. The second-order valence-corrected chi connectivity index (χ2v) is 3.56. The molecule has 18 heavy (non-hydrogen) atoms. The van der Waals surface area contributed by atoms with Gasteiger partial charge in [-0.2, -0.15) is 13.2 Å². The molecule has 6 heteroatoms. The molecule has 0 heterocycles. The standard InChI is InChI=1S/C12H12F3NO2/c1-2-10(11(17)18)16-7-8-3-5-9(6-4-8)12(13,14)15/h2-6,16H,7H2,1H3,(H,17,18)/b10-2-. The van der Waals surface area contributed by atoms with Crippen molar-refractivity contribution in [3.05, 3.63) is 47.2 Å². The topological polar surface area (TPSA) is 49.3 Å². The number of alkyl halides is 3. The average molecular weight is 259 g/mol. The first-order valence-corrected chi connectivity index (χ1v) is 5.14. The van der Waals surface area contributed by atoms with E-state index in [2.05, 4.69) is 5.32 Å². The normalized spacial score (nSPS) is 12.3. The van der Waals surface area contributed by atoms with Crippen LogP contribution in [0.1, 0.15) is 18.1 Å². The average Bonchev–Trinajstić information content (AvgIpc) is 2.29. The zero-order chi connectivity index (χ0) is 13.8. The highest BCUT2D eigenvalue weighted by Crippen LogP contribution is 2.29. The Labute approximate surface area is 102 Å². The van der Waals surface area contributed by atoms with Crippen LogP contribution in [-0.2, 0) is 17.5 Å². The Kier molecular flexibility index (Phi) is 4.36. The van der Waals surface area contributed by atoms with Gasteiger partial charge in [0.05, 0.1) is 5.56 Å². The van der Waals surface area contributed by atoms with Crippen molar-refractivity contribution in [1.82, 2.24) is 5.32 Å². The van der Waals surface area contributed by atoms with Crippen molar-refractivity contribution in [2.45, 2.75) is 19.6 Å². The third-order valence-electron chi connectivity index (χ3n) is 2.28. The Morgan fingerprint density at radius 2 is 1.89 bits per heavy atom. The third kappa shape index (κ3) is 3.80. The van der Waals surface area contributed by atoms with Gasteiger partial charge in [-0.3, -0.25) is 0 Å². The van der Waals surface area contributed by atoms with Crippen LogP contribution >= 0.6 is 0 Å². The third-order valence-corrected chi connectivity index (χ3v) is 2.28. The van der Waals surface area contributed by atoms with Crippen LogP contribution in [0, 0.1) is 0 Å². The molecule has 98 valence electrons. The van der Waals surface area contributed by atoms with Gasteiger partial charge in [0.1, 0.15) is 5.70 Å². The van der Waals surface area contributed by atoms with Gasteiger partial charge in [0.15, 0.2) is 0 Å². The number of carboxylic acid groups (broad SMARTS) is 1. The van der Waals surface area contributed by atoms with E-state index in [1.54, 1.807) is 6.92 Å². The number of aliphatic carboxylic acids is 1. The Morgan fingerprint density at radius 3 is 2.28 bits per heavy atom. The van der Waals surface area contributed by atoms with Crippen LogP contribution in [0.15, 0.2) is 36.0 Å². The summed E-state index contributed by atoms with van der Waals surface area (Å²) in [4.78, 5) is 10.7. The summed E-state index contributed by atoms with van der Waals surface area (Å²) in [6, 6.07) is 4.55. The zero-order valence-electron chi connectivity index (χ0n) is 9.58. The number of rotatable bonds is 4. The van der Waals surface area contributed by atoms with Crippen molar-refractivity contribution in [3.63, 3.8) is 0 Å². The summed E-state index contributed by atoms with van der Waals surface area (Å²) in [5.74, 6) is -1.11. The molecule has 0 radical (unpaired) electrons. The molecule has 0 aliphatic heterocycles. The first kappa shape index (κ1) is 14.1. The fourth-order valence-electron chi connectivity index (χ4n) is 1.31. The maximum absolute atomic E-state index is 12.3. The van der Waals surface area contributed by atoms with E-state index in [4.69, 9.17) is 5.11 Å². The number of benzene rings is 1. The number of carbonyl (C=O) groups is 1. The Morgan fingerprint density at radius 1 is 1.33 bits per heavy atom. The molecule has 0 bridgehead atoms. The highest BCUT2D eigenvalue weighted by atomic mass is 19.4. The van der Waals surface area contributed by atoms with E-state index in [1.165, 1.54) is 18.2 Å². The van der Waals surface area contributed by atoms with E-state index in [0.717, 1.165) is 12.1 Å². The molecule has 1 aromatic rings. The monoisotopic (exact) mass is 259 g/mol. The van der Waals surface area contributed by atoms with Gasteiger partial charge in [-0.25, -0.2) is 4.79 Å². The van der Waals surface area contributed by atoms with E-state index in [-0.39, 0.29) is 12.2 Å². The molecular formula is C12H12F3NO2. The molecule has 0 saturated carbocycles. The van der Waals surface area contributed by atoms with E-state index < -0.39 is 17.7 Å². The molecule has 0 fully saturated rings. The number of halogens is 3. The van der Waals surface area contributed by atoms with Crippen LogP contribution in [-0.4, -0.2) is 11.1 Å². The first-order valence-electron chi connectivity index (χ1n) is 5.14. The highest BCUT2D eigenvalue weighted by molar-refractivity contribution is 5.85. The number of nitrogens with one attached hydrogen (secondary N) is 1. The summed E-state index contributed by atoms with van der Waals surface area (Å²) in [7, 11) is 0. The molecule has 0 unspecified atom stereocenters. The second kappa shape index (κ2) is 5.57. The zero-order valence-corrected chi connectivity index (χ0v) is 9.58. The SMILES string of the molecule is C/C=C(\NCc1ccc(C(F)(F)F)cc1)C(=O)O. The van der Waals surface area contributed by atoms with Gasteiger partial charge in [-0.05, 0) is 24.6 Å². The molecular weight excluding hydrogens is 247 g/mol. The Bertz CT molecular complexity index is 449. The number of hydrogen-bond donors (Lipinski definition) is 2. The predicted molar refractivity (Wildman–Crippen MR) is 59.7 cm³/mol. The molecule has 2 N–H and O–H groups in total. The lowest BCUT2D eigenvalue weighted by Crippen LogP contribution is -2.19. The van der Waals surface area contributed by atoms with E-state index in [9.17, 15) is 18.0 Å². The van der Waals surface area contributed by atoms with Crippen molar-refractivity contribution >= 4 is 5.97 Å². The summed E-state index contributed by atoms with van der Waals surface area (Å²) >= 11 is 0. The van der Waals surface area contributed by atoms with Gasteiger partial charge in [-0.15, -0.1) is 0 Å². The van der Waals surface area contributed by atoms with Crippen molar-refractivity contribution in [2.75, 3.05) is 0 Å². The largest absolute Gasteiger partial charge is 0.477 e. The minimum absolute atomic E-state index is 0.00916. The lowest BCUT2D eigenvalue weighted by Gasteiger charge is -2.09. The fraction of sp³-hybridized carbons (Fsp3) is 0.250. The molecule has 0 aromatic heterocycles.